The largest absolute Gasteiger partial charge is 0.446 e. The average molecular weight is 207 g/mol. The molecule has 1 atom stereocenters. The molecular weight excluding hydrogens is 192 g/mol. The van der Waals surface area contributed by atoms with E-state index in [1.54, 1.807) is 13.8 Å². The summed E-state index contributed by atoms with van der Waals surface area (Å²) in [5.41, 5.74) is 0. The Morgan fingerprint density at radius 2 is 2.21 bits per heavy atom. The van der Waals surface area contributed by atoms with Crippen molar-refractivity contribution in [2.24, 2.45) is 0 Å². The van der Waals surface area contributed by atoms with E-state index in [1.165, 1.54) is 0 Å². The molecule has 14 heavy (non-hydrogen) atoms. The smallest absolute Gasteiger partial charge is 0.407 e. The van der Waals surface area contributed by atoms with E-state index < -0.39 is 18.1 Å². The van der Waals surface area contributed by atoms with Gasteiger partial charge in [-0.05, 0) is 20.3 Å². The maximum Gasteiger partial charge on any atom is 0.407 e. The normalized spacial score (nSPS) is 25.1. The minimum atomic E-state index is -2.66. The van der Waals surface area contributed by atoms with E-state index in [2.05, 4.69) is 5.32 Å². The fourth-order valence-corrected chi connectivity index (χ4v) is 1.43. The molecular formula is C9H15F2NO2. The molecule has 0 radical (unpaired) electrons. The second kappa shape index (κ2) is 4.11. The molecule has 0 heterocycles. The van der Waals surface area contributed by atoms with E-state index in [0.29, 0.717) is 0 Å². The molecule has 0 bridgehead atoms. The first-order chi connectivity index (χ1) is 6.39. The van der Waals surface area contributed by atoms with Gasteiger partial charge in [0.1, 0.15) is 6.10 Å². The molecule has 5 heteroatoms. The third-order valence-electron chi connectivity index (χ3n) is 2.04. The first kappa shape index (κ1) is 11.2. The third kappa shape index (κ3) is 3.47. The molecule has 1 aliphatic carbocycles. The van der Waals surface area contributed by atoms with Crippen molar-refractivity contribution in [3.63, 3.8) is 0 Å². The quantitative estimate of drug-likeness (QED) is 0.754. The van der Waals surface area contributed by atoms with Crippen molar-refractivity contribution in [3.8, 4) is 0 Å². The second-order valence-electron chi connectivity index (χ2n) is 3.93. The molecule has 1 aliphatic rings. The Balaban J connectivity index is 2.29. The van der Waals surface area contributed by atoms with Crippen LogP contribution in [0.2, 0.25) is 0 Å². The number of carbonyl (C=O) groups excluding carboxylic acids is 1. The number of alkyl halides is 2. The van der Waals surface area contributed by atoms with E-state index in [0.717, 1.165) is 0 Å². The van der Waals surface area contributed by atoms with Gasteiger partial charge in [-0.2, -0.15) is 0 Å². The Morgan fingerprint density at radius 1 is 1.57 bits per heavy atom. The van der Waals surface area contributed by atoms with Crippen LogP contribution in [0, 0.1) is 0 Å². The molecule has 0 aromatic heterocycles. The van der Waals surface area contributed by atoms with E-state index in [4.69, 9.17) is 4.74 Å². The molecule has 0 saturated heterocycles. The SMILES string of the molecule is CC(C)NC(=O)OC1CCC(F)(F)C1. The van der Waals surface area contributed by atoms with Crippen LogP contribution >= 0.6 is 0 Å². The first-order valence-corrected chi connectivity index (χ1v) is 4.74. The van der Waals surface area contributed by atoms with Gasteiger partial charge in [0.05, 0.1) is 0 Å². The van der Waals surface area contributed by atoms with Crippen LogP contribution in [-0.4, -0.2) is 24.2 Å². The summed E-state index contributed by atoms with van der Waals surface area (Å²) in [5, 5.41) is 2.49. The molecule has 1 amide bonds. The topological polar surface area (TPSA) is 38.3 Å². The molecule has 0 spiro atoms. The van der Waals surface area contributed by atoms with E-state index in [1.807, 2.05) is 0 Å². The van der Waals surface area contributed by atoms with Crippen molar-refractivity contribution in [1.29, 1.82) is 0 Å². The van der Waals surface area contributed by atoms with Crippen LogP contribution in [0.5, 0.6) is 0 Å². The van der Waals surface area contributed by atoms with Gasteiger partial charge in [-0.25, -0.2) is 13.6 Å². The second-order valence-corrected chi connectivity index (χ2v) is 3.93. The van der Waals surface area contributed by atoms with Crippen molar-refractivity contribution >= 4 is 6.09 Å². The fraction of sp³-hybridized carbons (Fsp3) is 0.889. The zero-order chi connectivity index (χ0) is 10.8. The van der Waals surface area contributed by atoms with Gasteiger partial charge in [-0.1, -0.05) is 0 Å². The highest BCUT2D eigenvalue weighted by molar-refractivity contribution is 5.67. The van der Waals surface area contributed by atoms with Gasteiger partial charge in [-0.3, -0.25) is 0 Å². The van der Waals surface area contributed by atoms with Crippen LogP contribution in [0.25, 0.3) is 0 Å². The maximum absolute atomic E-state index is 12.7. The summed E-state index contributed by atoms with van der Waals surface area (Å²) in [6, 6.07) is -0.0376. The van der Waals surface area contributed by atoms with Gasteiger partial charge in [0.2, 0.25) is 0 Å². The van der Waals surface area contributed by atoms with E-state index in [9.17, 15) is 13.6 Å². The third-order valence-corrected chi connectivity index (χ3v) is 2.04. The van der Waals surface area contributed by atoms with Gasteiger partial charge >= 0.3 is 6.09 Å². The predicted molar refractivity (Wildman–Crippen MR) is 47.3 cm³/mol. The van der Waals surface area contributed by atoms with Crippen LogP contribution in [0.1, 0.15) is 33.1 Å². The highest BCUT2D eigenvalue weighted by Crippen LogP contribution is 2.36. The Labute approximate surface area is 81.8 Å². The number of hydrogen-bond donors (Lipinski definition) is 1. The lowest BCUT2D eigenvalue weighted by Crippen LogP contribution is -2.33. The van der Waals surface area contributed by atoms with E-state index >= 15 is 0 Å². The lowest BCUT2D eigenvalue weighted by Gasteiger charge is -2.14. The predicted octanol–water partition coefficient (Wildman–Crippen LogP) is 2.31. The molecule has 1 saturated carbocycles. The molecule has 1 unspecified atom stereocenters. The van der Waals surface area contributed by atoms with Crippen LogP contribution < -0.4 is 5.32 Å². The molecule has 1 rings (SSSR count). The van der Waals surface area contributed by atoms with Gasteiger partial charge in [0.25, 0.3) is 5.92 Å². The number of hydrogen-bond acceptors (Lipinski definition) is 2. The van der Waals surface area contributed by atoms with Gasteiger partial charge < -0.3 is 10.1 Å². The summed E-state index contributed by atoms with van der Waals surface area (Å²) < 4.78 is 30.2. The summed E-state index contributed by atoms with van der Waals surface area (Å²) >= 11 is 0. The van der Waals surface area contributed by atoms with Crippen molar-refractivity contribution in [2.75, 3.05) is 0 Å². The van der Waals surface area contributed by atoms with Crippen LogP contribution in [-0.2, 0) is 4.74 Å². The Kier molecular flexibility index (Phi) is 3.29. The summed E-state index contributed by atoms with van der Waals surface area (Å²) in [6.45, 7) is 3.56. The Morgan fingerprint density at radius 3 is 2.64 bits per heavy atom. The van der Waals surface area contributed by atoms with Crippen LogP contribution in [0.4, 0.5) is 13.6 Å². The molecule has 82 valence electrons. The molecule has 1 N–H and O–H groups in total. The highest BCUT2D eigenvalue weighted by atomic mass is 19.3. The summed E-state index contributed by atoms with van der Waals surface area (Å²) in [4.78, 5) is 11.0. The maximum atomic E-state index is 12.7. The number of halogens is 2. The molecule has 0 aromatic carbocycles. The zero-order valence-electron chi connectivity index (χ0n) is 8.35. The highest BCUT2D eigenvalue weighted by Gasteiger charge is 2.41. The van der Waals surface area contributed by atoms with Crippen molar-refractivity contribution in [1.82, 2.24) is 5.32 Å². The minimum Gasteiger partial charge on any atom is -0.446 e. The minimum absolute atomic E-state index is 0.0376. The van der Waals surface area contributed by atoms with E-state index in [-0.39, 0.29) is 25.3 Å². The number of ether oxygens (including phenoxy) is 1. The number of rotatable bonds is 2. The monoisotopic (exact) mass is 207 g/mol. The fourth-order valence-electron chi connectivity index (χ4n) is 1.43. The Hall–Kier alpha value is -0.870. The molecule has 3 nitrogen and oxygen atoms in total. The van der Waals surface area contributed by atoms with Crippen molar-refractivity contribution in [2.45, 2.75) is 51.2 Å². The average Bonchev–Trinajstić information content (AvgIpc) is 2.27. The number of amides is 1. The van der Waals surface area contributed by atoms with Crippen LogP contribution in [0.15, 0.2) is 0 Å². The summed E-state index contributed by atoms with van der Waals surface area (Å²) in [6.07, 6.45) is -1.53. The standard InChI is InChI=1S/C9H15F2NO2/c1-6(2)12-8(13)14-7-3-4-9(10,11)5-7/h6-7H,3-5H2,1-2H3,(H,12,13). The lowest BCUT2D eigenvalue weighted by atomic mass is 10.3. The number of carbonyl (C=O) groups is 1. The molecule has 0 aliphatic heterocycles. The summed E-state index contributed by atoms with van der Waals surface area (Å²) in [5.74, 6) is -2.66. The number of nitrogens with one attached hydrogen (secondary N) is 1. The Bertz CT molecular complexity index is 219. The van der Waals surface area contributed by atoms with Gasteiger partial charge in [-0.15, -0.1) is 0 Å². The molecule has 0 aromatic rings. The lowest BCUT2D eigenvalue weighted by molar-refractivity contribution is -0.00620. The van der Waals surface area contributed by atoms with Gasteiger partial charge in [0.15, 0.2) is 0 Å². The summed E-state index contributed by atoms with van der Waals surface area (Å²) in [7, 11) is 0. The zero-order valence-corrected chi connectivity index (χ0v) is 8.35. The molecule has 1 fully saturated rings. The van der Waals surface area contributed by atoms with Crippen molar-refractivity contribution < 1.29 is 18.3 Å². The van der Waals surface area contributed by atoms with Crippen molar-refractivity contribution in [3.05, 3.63) is 0 Å². The first-order valence-electron chi connectivity index (χ1n) is 4.74. The van der Waals surface area contributed by atoms with Crippen LogP contribution in [0.3, 0.4) is 0 Å². The van der Waals surface area contributed by atoms with Gasteiger partial charge in [0, 0.05) is 18.9 Å². The number of alkyl carbamates (subject to hydrolysis) is 1.